The van der Waals surface area contributed by atoms with Crippen molar-refractivity contribution in [2.45, 2.75) is 19.9 Å². The zero-order valence-corrected chi connectivity index (χ0v) is 11.6. The molecule has 0 atom stereocenters. The van der Waals surface area contributed by atoms with Gasteiger partial charge < -0.3 is 15.7 Å². The summed E-state index contributed by atoms with van der Waals surface area (Å²) in [5, 5.41) is 25.5. The molecule has 0 aliphatic rings. The molecule has 3 N–H and O–H groups in total. The van der Waals surface area contributed by atoms with Gasteiger partial charge in [0.1, 0.15) is 5.56 Å². The molecule has 8 heteroatoms. The molecule has 0 bridgehead atoms. The summed E-state index contributed by atoms with van der Waals surface area (Å²) >= 11 is 0. The lowest BCUT2D eigenvalue weighted by atomic mass is 10.1. The Bertz CT molecular complexity index is 545. The van der Waals surface area contributed by atoms with E-state index in [1.165, 1.54) is 12.1 Å². The van der Waals surface area contributed by atoms with Gasteiger partial charge in [0.15, 0.2) is 0 Å². The molecule has 0 heterocycles. The van der Waals surface area contributed by atoms with Gasteiger partial charge in [-0.05, 0) is 12.5 Å². The quantitative estimate of drug-likeness (QED) is 0.372. The lowest BCUT2D eigenvalue weighted by Crippen LogP contribution is -2.27. The van der Waals surface area contributed by atoms with E-state index in [-0.39, 0.29) is 24.4 Å². The van der Waals surface area contributed by atoms with E-state index in [0.717, 1.165) is 6.07 Å². The molecule has 8 nitrogen and oxygen atoms in total. The number of carboxylic acid groups (broad SMARTS) is 1. The number of hydrogen-bond donors (Lipinski definition) is 3. The molecule has 0 aliphatic carbocycles. The average molecular weight is 295 g/mol. The van der Waals surface area contributed by atoms with Gasteiger partial charge in [0, 0.05) is 32.1 Å². The fraction of sp³-hybridized carbons (Fsp3) is 0.385. The molecule has 0 radical (unpaired) electrons. The van der Waals surface area contributed by atoms with Crippen LogP contribution in [0.5, 0.6) is 0 Å². The summed E-state index contributed by atoms with van der Waals surface area (Å²) in [5.41, 5.74) is -0.453. The number of carbonyl (C=O) groups excluding carboxylic acids is 1. The van der Waals surface area contributed by atoms with Gasteiger partial charge in [0.25, 0.3) is 5.69 Å². The highest BCUT2D eigenvalue weighted by atomic mass is 16.6. The average Bonchev–Trinajstić information content (AvgIpc) is 2.43. The highest BCUT2D eigenvalue weighted by Gasteiger charge is 2.22. The van der Waals surface area contributed by atoms with Crippen molar-refractivity contribution in [3.05, 3.63) is 39.4 Å². The second-order valence-corrected chi connectivity index (χ2v) is 4.25. The number of benzene rings is 1. The Balaban J connectivity index is 2.71. The van der Waals surface area contributed by atoms with E-state index in [4.69, 9.17) is 5.11 Å². The summed E-state index contributed by atoms with van der Waals surface area (Å²) in [6.45, 7) is 2.86. The Morgan fingerprint density at radius 3 is 2.67 bits per heavy atom. The topological polar surface area (TPSA) is 122 Å². The molecule has 114 valence electrons. The van der Waals surface area contributed by atoms with Crippen LogP contribution in [-0.2, 0) is 11.3 Å². The third-order valence-electron chi connectivity index (χ3n) is 2.76. The van der Waals surface area contributed by atoms with Crippen LogP contribution < -0.4 is 10.6 Å². The molecule has 1 rings (SSSR count). The number of nitro groups is 1. The van der Waals surface area contributed by atoms with Gasteiger partial charge in [-0.2, -0.15) is 0 Å². The van der Waals surface area contributed by atoms with Crippen molar-refractivity contribution in [3.8, 4) is 0 Å². The molecule has 0 aromatic heterocycles. The lowest BCUT2D eigenvalue weighted by Gasteiger charge is -2.08. The third-order valence-corrected chi connectivity index (χ3v) is 2.76. The van der Waals surface area contributed by atoms with Crippen LogP contribution in [0.4, 0.5) is 5.69 Å². The van der Waals surface area contributed by atoms with E-state index in [1.54, 1.807) is 0 Å². The van der Waals surface area contributed by atoms with Gasteiger partial charge >= 0.3 is 5.97 Å². The zero-order chi connectivity index (χ0) is 15.8. The number of nitrogens with one attached hydrogen (secondary N) is 2. The van der Waals surface area contributed by atoms with Crippen molar-refractivity contribution in [2.75, 3.05) is 13.1 Å². The summed E-state index contributed by atoms with van der Waals surface area (Å²) in [5.74, 6) is -1.45. The standard InChI is InChI=1S/C13H17N3O5/c1-2-15-11(17)6-7-14-8-9-4-3-5-10(16(20)21)12(9)13(18)19/h3-5,14H,2,6-8H2,1H3,(H,15,17)(H,18,19). The molecule has 0 spiro atoms. The fourth-order valence-corrected chi connectivity index (χ4v) is 1.84. The minimum absolute atomic E-state index is 0.109. The summed E-state index contributed by atoms with van der Waals surface area (Å²) < 4.78 is 0. The van der Waals surface area contributed by atoms with E-state index < -0.39 is 16.6 Å². The minimum atomic E-state index is -1.34. The highest BCUT2D eigenvalue weighted by Crippen LogP contribution is 2.22. The number of amides is 1. The first-order valence-electron chi connectivity index (χ1n) is 6.44. The molecule has 0 saturated heterocycles. The zero-order valence-electron chi connectivity index (χ0n) is 11.6. The molecule has 0 fully saturated rings. The monoisotopic (exact) mass is 295 g/mol. The maximum Gasteiger partial charge on any atom is 0.343 e. The molecule has 1 aromatic carbocycles. The number of hydrogen-bond acceptors (Lipinski definition) is 5. The Morgan fingerprint density at radius 2 is 2.10 bits per heavy atom. The van der Waals surface area contributed by atoms with Crippen molar-refractivity contribution >= 4 is 17.6 Å². The summed E-state index contributed by atoms with van der Waals surface area (Å²) in [6, 6.07) is 4.10. The van der Waals surface area contributed by atoms with Crippen LogP contribution in [0.1, 0.15) is 29.3 Å². The molecular weight excluding hydrogens is 278 g/mol. The Labute approximate surface area is 121 Å². The molecule has 0 unspecified atom stereocenters. The van der Waals surface area contributed by atoms with Gasteiger partial charge in [-0.15, -0.1) is 0 Å². The number of carbonyl (C=O) groups is 2. The van der Waals surface area contributed by atoms with Gasteiger partial charge in [-0.25, -0.2) is 4.79 Å². The normalized spacial score (nSPS) is 10.1. The molecule has 1 amide bonds. The minimum Gasteiger partial charge on any atom is -0.477 e. The summed E-state index contributed by atoms with van der Waals surface area (Å²) in [7, 11) is 0. The van der Waals surface area contributed by atoms with Crippen LogP contribution in [0.2, 0.25) is 0 Å². The number of nitrogens with zero attached hydrogens (tertiary/aromatic N) is 1. The second kappa shape index (κ2) is 7.95. The first-order valence-corrected chi connectivity index (χ1v) is 6.44. The van der Waals surface area contributed by atoms with Gasteiger partial charge in [0.05, 0.1) is 4.92 Å². The Kier molecular flexibility index (Phi) is 6.28. The number of aromatic carboxylic acids is 1. The van der Waals surface area contributed by atoms with Crippen LogP contribution in [0.3, 0.4) is 0 Å². The van der Waals surface area contributed by atoms with Crippen molar-refractivity contribution in [3.63, 3.8) is 0 Å². The van der Waals surface area contributed by atoms with E-state index in [2.05, 4.69) is 10.6 Å². The van der Waals surface area contributed by atoms with E-state index in [9.17, 15) is 19.7 Å². The molecule has 1 aromatic rings. The first-order chi connectivity index (χ1) is 9.97. The van der Waals surface area contributed by atoms with Gasteiger partial charge in [-0.1, -0.05) is 12.1 Å². The van der Waals surface area contributed by atoms with Gasteiger partial charge in [-0.3, -0.25) is 14.9 Å². The largest absolute Gasteiger partial charge is 0.477 e. The number of nitro benzene ring substituents is 1. The second-order valence-electron chi connectivity index (χ2n) is 4.25. The van der Waals surface area contributed by atoms with Crippen molar-refractivity contribution in [2.24, 2.45) is 0 Å². The highest BCUT2D eigenvalue weighted by molar-refractivity contribution is 5.94. The van der Waals surface area contributed by atoms with E-state index in [0.29, 0.717) is 18.7 Å². The third kappa shape index (κ3) is 4.84. The lowest BCUT2D eigenvalue weighted by molar-refractivity contribution is -0.385. The number of carboxylic acids is 1. The Morgan fingerprint density at radius 1 is 1.38 bits per heavy atom. The molecule has 0 saturated carbocycles. The fourth-order valence-electron chi connectivity index (χ4n) is 1.84. The predicted octanol–water partition coefficient (Wildman–Crippen LogP) is 0.909. The maximum absolute atomic E-state index is 11.2. The smallest absolute Gasteiger partial charge is 0.343 e. The first kappa shape index (κ1) is 16.6. The van der Waals surface area contributed by atoms with Gasteiger partial charge in [0.2, 0.25) is 5.91 Å². The number of rotatable bonds is 8. The summed E-state index contributed by atoms with van der Waals surface area (Å²) in [6.07, 6.45) is 0.255. The molecular formula is C13H17N3O5. The van der Waals surface area contributed by atoms with Crippen LogP contribution in [0.25, 0.3) is 0 Å². The van der Waals surface area contributed by atoms with Crippen molar-refractivity contribution < 1.29 is 19.6 Å². The van der Waals surface area contributed by atoms with Crippen LogP contribution in [0.15, 0.2) is 18.2 Å². The predicted molar refractivity (Wildman–Crippen MR) is 75.1 cm³/mol. The molecule has 0 aliphatic heterocycles. The molecule has 21 heavy (non-hydrogen) atoms. The Hall–Kier alpha value is -2.48. The van der Waals surface area contributed by atoms with Crippen LogP contribution in [0, 0.1) is 10.1 Å². The van der Waals surface area contributed by atoms with Crippen molar-refractivity contribution in [1.29, 1.82) is 0 Å². The van der Waals surface area contributed by atoms with Crippen LogP contribution in [-0.4, -0.2) is 35.0 Å². The maximum atomic E-state index is 11.2. The van der Waals surface area contributed by atoms with E-state index in [1.807, 2.05) is 6.92 Å². The van der Waals surface area contributed by atoms with Crippen molar-refractivity contribution in [1.82, 2.24) is 10.6 Å². The van der Waals surface area contributed by atoms with E-state index >= 15 is 0 Å². The van der Waals surface area contributed by atoms with Crippen LogP contribution >= 0.6 is 0 Å². The SMILES string of the molecule is CCNC(=O)CCNCc1cccc([N+](=O)[O-])c1C(=O)O. The summed E-state index contributed by atoms with van der Waals surface area (Å²) in [4.78, 5) is 32.5.